The van der Waals surface area contributed by atoms with Crippen LogP contribution in [0.1, 0.15) is 6.92 Å². The van der Waals surface area contributed by atoms with Crippen LogP contribution in [0.5, 0.6) is 11.5 Å². The molecule has 0 unspecified atom stereocenters. The molecule has 16 heavy (non-hydrogen) atoms. The maximum atomic E-state index is 11.3. The Bertz CT molecular complexity index is 420. The van der Waals surface area contributed by atoms with Gasteiger partial charge in [-0.2, -0.15) is 0 Å². The molecule has 2 rings (SSSR count). The largest absolute Gasteiger partial charge is 0.454 e. The number of hydrogen-bond donors (Lipinski definition) is 3. The van der Waals surface area contributed by atoms with E-state index in [1.807, 2.05) is 6.92 Å². The molecule has 0 radical (unpaired) electrons. The van der Waals surface area contributed by atoms with Crippen molar-refractivity contribution in [3.05, 3.63) is 12.1 Å². The van der Waals surface area contributed by atoms with E-state index < -0.39 is 0 Å². The van der Waals surface area contributed by atoms with Gasteiger partial charge in [0.05, 0.1) is 11.4 Å². The van der Waals surface area contributed by atoms with Crippen molar-refractivity contribution in [1.29, 1.82) is 0 Å². The molecule has 4 N–H and O–H groups in total. The van der Waals surface area contributed by atoms with Crippen molar-refractivity contribution in [3.8, 4) is 11.5 Å². The van der Waals surface area contributed by atoms with Crippen molar-refractivity contribution in [2.24, 2.45) is 0 Å². The Hall–Kier alpha value is -2.11. The van der Waals surface area contributed by atoms with Crippen LogP contribution in [0.25, 0.3) is 0 Å². The van der Waals surface area contributed by atoms with Crippen molar-refractivity contribution in [2.45, 2.75) is 6.92 Å². The first-order valence-corrected chi connectivity index (χ1v) is 4.94. The molecule has 1 aliphatic heterocycles. The molecule has 1 aromatic carbocycles. The topological polar surface area (TPSA) is 85.6 Å². The standard InChI is InChI=1S/C10H13N3O3/c1-2-12-10(14)13-7-4-9-8(3-6(7)11)15-5-16-9/h3-4H,2,5,11H2,1H3,(H2,12,13,14). The van der Waals surface area contributed by atoms with E-state index in [9.17, 15) is 4.79 Å². The van der Waals surface area contributed by atoms with Crippen LogP contribution in [0.15, 0.2) is 12.1 Å². The molecule has 1 heterocycles. The summed E-state index contributed by atoms with van der Waals surface area (Å²) >= 11 is 0. The zero-order valence-electron chi connectivity index (χ0n) is 8.87. The van der Waals surface area contributed by atoms with E-state index in [1.165, 1.54) is 0 Å². The van der Waals surface area contributed by atoms with E-state index in [4.69, 9.17) is 15.2 Å². The predicted molar refractivity (Wildman–Crippen MR) is 59.7 cm³/mol. The van der Waals surface area contributed by atoms with Gasteiger partial charge < -0.3 is 25.8 Å². The molecule has 0 aliphatic carbocycles. The Kier molecular flexibility index (Phi) is 2.72. The monoisotopic (exact) mass is 223 g/mol. The number of fused-ring (bicyclic) bond motifs is 1. The number of carbonyl (C=O) groups excluding carboxylic acids is 1. The molecule has 86 valence electrons. The third kappa shape index (κ3) is 1.95. The number of ether oxygens (including phenoxy) is 2. The van der Waals surface area contributed by atoms with Crippen LogP contribution in [-0.4, -0.2) is 19.4 Å². The number of carbonyl (C=O) groups is 1. The molecule has 0 saturated carbocycles. The quantitative estimate of drug-likeness (QED) is 0.656. The summed E-state index contributed by atoms with van der Waals surface area (Å²) in [5.74, 6) is 1.18. The van der Waals surface area contributed by atoms with E-state index in [2.05, 4.69) is 10.6 Å². The number of nitrogens with two attached hydrogens (primary N) is 1. The van der Waals surface area contributed by atoms with E-state index in [0.29, 0.717) is 29.4 Å². The second-order valence-corrected chi connectivity index (χ2v) is 3.28. The first-order chi connectivity index (χ1) is 7.70. The first-order valence-electron chi connectivity index (χ1n) is 4.94. The second kappa shape index (κ2) is 4.18. The molecule has 0 aromatic heterocycles. The normalized spacial score (nSPS) is 12.3. The molecule has 6 heteroatoms. The maximum Gasteiger partial charge on any atom is 0.319 e. The molecule has 0 fully saturated rings. The van der Waals surface area contributed by atoms with Gasteiger partial charge in [-0.05, 0) is 6.92 Å². The number of nitrogens with one attached hydrogen (secondary N) is 2. The van der Waals surface area contributed by atoms with Crippen LogP contribution in [0.2, 0.25) is 0 Å². The molecule has 0 bridgehead atoms. The number of anilines is 2. The minimum Gasteiger partial charge on any atom is -0.454 e. The fourth-order valence-electron chi connectivity index (χ4n) is 1.39. The summed E-state index contributed by atoms with van der Waals surface area (Å²) in [4.78, 5) is 11.3. The third-order valence-corrected chi connectivity index (χ3v) is 2.13. The number of nitrogen functional groups attached to an aromatic ring is 1. The number of amides is 2. The molecule has 0 atom stereocenters. The van der Waals surface area contributed by atoms with Crippen molar-refractivity contribution >= 4 is 17.4 Å². The Labute approximate surface area is 92.7 Å². The predicted octanol–water partition coefficient (Wildman–Crippen LogP) is 1.14. The lowest BCUT2D eigenvalue weighted by Crippen LogP contribution is -2.28. The highest BCUT2D eigenvalue weighted by Crippen LogP contribution is 2.38. The van der Waals surface area contributed by atoms with Crippen molar-refractivity contribution in [2.75, 3.05) is 24.4 Å². The van der Waals surface area contributed by atoms with E-state index >= 15 is 0 Å². The zero-order chi connectivity index (χ0) is 11.5. The van der Waals surface area contributed by atoms with Crippen LogP contribution in [0, 0.1) is 0 Å². The second-order valence-electron chi connectivity index (χ2n) is 3.28. The molecule has 0 saturated heterocycles. The van der Waals surface area contributed by atoms with Crippen LogP contribution in [0.3, 0.4) is 0 Å². The highest BCUT2D eigenvalue weighted by Gasteiger charge is 2.16. The molecule has 6 nitrogen and oxygen atoms in total. The number of urea groups is 1. The van der Waals surface area contributed by atoms with Crippen molar-refractivity contribution in [1.82, 2.24) is 5.32 Å². The lowest BCUT2D eigenvalue weighted by Gasteiger charge is -2.09. The third-order valence-electron chi connectivity index (χ3n) is 2.13. The first kappa shape index (κ1) is 10.4. The van der Waals surface area contributed by atoms with Gasteiger partial charge in [0.1, 0.15) is 0 Å². The minimum atomic E-state index is -0.298. The zero-order valence-corrected chi connectivity index (χ0v) is 8.87. The number of benzene rings is 1. The van der Waals surface area contributed by atoms with Gasteiger partial charge in [0, 0.05) is 18.7 Å². The van der Waals surface area contributed by atoms with Crippen LogP contribution >= 0.6 is 0 Å². The molecule has 1 aliphatic rings. The van der Waals surface area contributed by atoms with Gasteiger partial charge in [-0.15, -0.1) is 0 Å². The van der Waals surface area contributed by atoms with Gasteiger partial charge in [0.25, 0.3) is 0 Å². The van der Waals surface area contributed by atoms with Gasteiger partial charge in [0.15, 0.2) is 11.5 Å². The lowest BCUT2D eigenvalue weighted by atomic mass is 10.2. The average Bonchev–Trinajstić information content (AvgIpc) is 2.65. The minimum absolute atomic E-state index is 0.180. The van der Waals surface area contributed by atoms with E-state index in [1.54, 1.807) is 12.1 Å². The summed E-state index contributed by atoms with van der Waals surface area (Å²) in [5.41, 5.74) is 6.71. The Morgan fingerprint density at radius 3 is 2.81 bits per heavy atom. The van der Waals surface area contributed by atoms with Crippen molar-refractivity contribution in [3.63, 3.8) is 0 Å². The van der Waals surface area contributed by atoms with Crippen LogP contribution in [-0.2, 0) is 0 Å². The van der Waals surface area contributed by atoms with Gasteiger partial charge in [-0.3, -0.25) is 0 Å². The Morgan fingerprint density at radius 1 is 1.44 bits per heavy atom. The fraction of sp³-hybridized carbons (Fsp3) is 0.300. The number of hydrogen-bond acceptors (Lipinski definition) is 4. The van der Waals surface area contributed by atoms with Gasteiger partial charge >= 0.3 is 6.03 Å². The molecule has 2 amide bonds. The van der Waals surface area contributed by atoms with Gasteiger partial charge in [-0.25, -0.2) is 4.79 Å². The summed E-state index contributed by atoms with van der Waals surface area (Å²) in [5, 5.41) is 5.24. The average molecular weight is 223 g/mol. The van der Waals surface area contributed by atoms with E-state index in [0.717, 1.165) is 0 Å². The molecular weight excluding hydrogens is 210 g/mol. The van der Waals surface area contributed by atoms with E-state index in [-0.39, 0.29) is 12.8 Å². The Morgan fingerprint density at radius 2 is 2.12 bits per heavy atom. The maximum absolute atomic E-state index is 11.3. The summed E-state index contributed by atoms with van der Waals surface area (Å²) < 4.78 is 10.3. The SMILES string of the molecule is CCNC(=O)Nc1cc2c(cc1N)OCO2. The molecular formula is C10H13N3O3. The van der Waals surface area contributed by atoms with Crippen LogP contribution < -0.4 is 25.8 Å². The summed E-state index contributed by atoms with van der Waals surface area (Å²) in [7, 11) is 0. The van der Waals surface area contributed by atoms with Gasteiger partial charge in [0.2, 0.25) is 6.79 Å². The highest BCUT2D eigenvalue weighted by atomic mass is 16.7. The van der Waals surface area contributed by atoms with Gasteiger partial charge in [-0.1, -0.05) is 0 Å². The van der Waals surface area contributed by atoms with Crippen LogP contribution in [0.4, 0.5) is 16.2 Å². The molecule has 0 spiro atoms. The highest BCUT2D eigenvalue weighted by molar-refractivity contribution is 5.93. The summed E-state index contributed by atoms with van der Waals surface area (Å²) in [6.07, 6.45) is 0. The fourth-order valence-corrected chi connectivity index (χ4v) is 1.39. The molecule has 1 aromatic rings. The Balaban J connectivity index is 2.18. The number of rotatable bonds is 2. The van der Waals surface area contributed by atoms with Crippen molar-refractivity contribution < 1.29 is 14.3 Å². The summed E-state index contributed by atoms with van der Waals surface area (Å²) in [6.45, 7) is 2.57. The summed E-state index contributed by atoms with van der Waals surface area (Å²) in [6, 6.07) is 2.98. The lowest BCUT2D eigenvalue weighted by molar-refractivity contribution is 0.174. The smallest absolute Gasteiger partial charge is 0.319 e.